The highest BCUT2D eigenvalue weighted by Crippen LogP contribution is 2.28. The normalized spacial score (nSPS) is 20.8. The minimum Gasteiger partial charge on any atom is -0.487 e. The lowest BCUT2D eigenvalue weighted by molar-refractivity contribution is -0.144. The Morgan fingerprint density at radius 3 is 2.56 bits per heavy atom. The van der Waals surface area contributed by atoms with E-state index in [1.807, 2.05) is 17.0 Å². The Balaban J connectivity index is 1.47. The summed E-state index contributed by atoms with van der Waals surface area (Å²) in [6, 6.07) is 3.70. The van der Waals surface area contributed by atoms with Gasteiger partial charge in [0.2, 0.25) is 5.91 Å². The molecule has 4 heteroatoms. The summed E-state index contributed by atoms with van der Waals surface area (Å²) < 4.78 is 5.76. The summed E-state index contributed by atoms with van der Waals surface area (Å²) in [7, 11) is 0. The van der Waals surface area contributed by atoms with E-state index >= 15 is 0 Å². The number of ether oxygens (including phenoxy) is 1. The molecule has 2 fully saturated rings. The van der Waals surface area contributed by atoms with Gasteiger partial charge in [-0.1, -0.05) is 12.8 Å². The molecule has 0 N–H and O–H groups in total. The van der Waals surface area contributed by atoms with Crippen molar-refractivity contribution in [2.75, 3.05) is 13.1 Å². The molecule has 3 rings (SSSR count). The van der Waals surface area contributed by atoms with E-state index in [-0.39, 0.29) is 12.0 Å². The molecule has 1 saturated heterocycles. The molecule has 1 aliphatic heterocycles. The number of hydrogen-bond acceptors (Lipinski definition) is 3. The number of likely N-dealkylation sites (tertiary alicyclic amines) is 1. The monoisotopic (exact) mass is 246 g/mol. The minimum absolute atomic E-state index is 0.151. The van der Waals surface area contributed by atoms with Crippen molar-refractivity contribution in [1.82, 2.24) is 9.88 Å². The zero-order valence-corrected chi connectivity index (χ0v) is 10.4. The quantitative estimate of drug-likeness (QED) is 0.817. The summed E-state index contributed by atoms with van der Waals surface area (Å²) in [5.41, 5.74) is 0. The molecule has 1 aromatic heterocycles. The molecule has 0 atom stereocenters. The lowest BCUT2D eigenvalue weighted by Crippen LogP contribution is -2.57. The highest BCUT2D eigenvalue weighted by molar-refractivity contribution is 5.80. The van der Waals surface area contributed by atoms with E-state index in [2.05, 4.69) is 4.98 Å². The summed E-state index contributed by atoms with van der Waals surface area (Å²) in [5, 5.41) is 0. The summed E-state index contributed by atoms with van der Waals surface area (Å²) in [6.45, 7) is 1.47. The minimum atomic E-state index is 0.151. The Hall–Kier alpha value is -1.58. The molecular weight excluding hydrogens is 228 g/mol. The van der Waals surface area contributed by atoms with Crippen LogP contribution in [0.25, 0.3) is 0 Å². The predicted molar refractivity (Wildman–Crippen MR) is 67.2 cm³/mol. The number of rotatable bonds is 3. The van der Waals surface area contributed by atoms with Crippen LogP contribution in [0.2, 0.25) is 0 Å². The van der Waals surface area contributed by atoms with Crippen LogP contribution >= 0.6 is 0 Å². The molecule has 96 valence electrons. The second-order valence-corrected chi connectivity index (χ2v) is 5.15. The number of hydrogen-bond donors (Lipinski definition) is 0. The fourth-order valence-electron chi connectivity index (χ4n) is 2.73. The molecular formula is C14H18N2O2. The molecule has 0 unspecified atom stereocenters. The van der Waals surface area contributed by atoms with Crippen molar-refractivity contribution in [3.05, 3.63) is 24.5 Å². The van der Waals surface area contributed by atoms with Crippen LogP contribution in [-0.2, 0) is 4.79 Å². The van der Waals surface area contributed by atoms with Crippen LogP contribution in [0.1, 0.15) is 25.7 Å². The summed E-state index contributed by atoms with van der Waals surface area (Å²) >= 11 is 0. The van der Waals surface area contributed by atoms with Gasteiger partial charge in [-0.25, -0.2) is 0 Å². The predicted octanol–water partition coefficient (Wildman–Crippen LogP) is 1.86. The standard InChI is InChI=1S/C14H18N2O2/c17-14(11-3-1-2-4-11)16-9-13(10-16)18-12-5-7-15-8-6-12/h5-8,11,13H,1-4,9-10H2. The average Bonchev–Trinajstić information content (AvgIpc) is 2.87. The van der Waals surface area contributed by atoms with Gasteiger partial charge in [-0.2, -0.15) is 0 Å². The molecule has 0 radical (unpaired) electrons. The zero-order chi connectivity index (χ0) is 12.4. The van der Waals surface area contributed by atoms with Gasteiger partial charge in [0, 0.05) is 18.3 Å². The van der Waals surface area contributed by atoms with Gasteiger partial charge in [0.05, 0.1) is 13.1 Å². The molecule has 1 saturated carbocycles. The Bertz CT molecular complexity index is 409. The third kappa shape index (κ3) is 2.33. The lowest BCUT2D eigenvalue weighted by atomic mass is 10.0. The molecule has 1 aliphatic carbocycles. The SMILES string of the molecule is O=C(C1CCCC1)N1CC(Oc2ccncc2)C1. The molecule has 4 nitrogen and oxygen atoms in total. The third-order valence-electron chi connectivity index (χ3n) is 3.82. The van der Waals surface area contributed by atoms with Gasteiger partial charge in [-0.15, -0.1) is 0 Å². The molecule has 0 bridgehead atoms. The van der Waals surface area contributed by atoms with Crippen molar-refractivity contribution in [3.8, 4) is 5.75 Å². The van der Waals surface area contributed by atoms with E-state index in [1.54, 1.807) is 12.4 Å². The number of nitrogens with zero attached hydrogens (tertiary/aromatic N) is 2. The lowest BCUT2D eigenvalue weighted by Gasteiger charge is -2.40. The molecule has 0 spiro atoms. The Kier molecular flexibility index (Phi) is 3.17. The largest absolute Gasteiger partial charge is 0.487 e. The first-order valence-electron chi connectivity index (χ1n) is 6.68. The van der Waals surface area contributed by atoms with Crippen molar-refractivity contribution >= 4 is 5.91 Å². The molecule has 1 amide bonds. The van der Waals surface area contributed by atoms with Crippen molar-refractivity contribution in [3.63, 3.8) is 0 Å². The first-order valence-corrected chi connectivity index (χ1v) is 6.68. The second-order valence-electron chi connectivity index (χ2n) is 5.15. The van der Waals surface area contributed by atoms with E-state index in [1.165, 1.54) is 12.8 Å². The van der Waals surface area contributed by atoms with E-state index in [0.717, 1.165) is 31.7 Å². The number of carbonyl (C=O) groups is 1. The highest BCUT2D eigenvalue weighted by Gasteiger charge is 2.36. The van der Waals surface area contributed by atoms with Crippen molar-refractivity contribution in [1.29, 1.82) is 0 Å². The Labute approximate surface area is 107 Å². The third-order valence-corrected chi connectivity index (χ3v) is 3.82. The first kappa shape index (κ1) is 11.5. The fourth-order valence-corrected chi connectivity index (χ4v) is 2.73. The number of pyridine rings is 1. The van der Waals surface area contributed by atoms with Crippen molar-refractivity contribution in [2.24, 2.45) is 5.92 Å². The van der Waals surface area contributed by atoms with E-state index in [9.17, 15) is 4.79 Å². The Morgan fingerprint density at radius 2 is 1.89 bits per heavy atom. The van der Waals surface area contributed by atoms with Crippen LogP contribution in [0.3, 0.4) is 0 Å². The summed E-state index contributed by atoms with van der Waals surface area (Å²) in [5.74, 6) is 1.46. The number of carbonyl (C=O) groups excluding carboxylic acids is 1. The molecule has 2 heterocycles. The van der Waals surface area contributed by atoms with E-state index in [4.69, 9.17) is 4.74 Å². The van der Waals surface area contributed by atoms with Crippen LogP contribution in [0, 0.1) is 5.92 Å². The van der Waals surface area contributed by atoms with Gasteiger partial charge in [0.15, 0.2) is 0 Å². The Morgan fingerprint density at radius 1 is 1.22 bits per heavy atom. The first-order chi connectivity index (χ1) is 8.83. The van der Waals surface area contributed by atoms with Gasteiger partial charge in [-0.3, -0.25) is 9.78 Å². The van der Waals surface area contributed by atoms with Gasteiger partial charge in [0.1, 0.15) is 11.9 Å². The van der Waals surface area contributed by atoms with Crippen molar-refractivity contribution in [2.45, 2.75) is 31.8 Å². The maximum Gasteiger partial charge on any atom is 0.225 e. The van der Waals surface area contributed by atoms with E-state index < -0.39 is 0 Å². The average molecular weight is 246 g/mol. The van der Waals surface area contributed by atoms with Crippen LogP contribution in [-0.4, -0.2) is 35.0 Å². The van der Waals surface area contributed by atoms with Gasteiger partial charge < -0.3 is 9.64 Å². The fraction of sp³-hybridized carbons (Fsp3) is 0.571. The van der Waals surface area contributed by atoms with Gasteiger partial charge in [-0.05, 0) is 25.0 Å². The smallest absolute Gasteiger partial charge is 0.225 e. The summed E-state index contributed by atoms with van der Waals surface area (Å²) in [4.78, 5) is 18.0. The van der Waals surface area contributed by atoms with Crippen LogP contribution in [0.4, 0.5) is 0 Å². The molecule has 18 heavy (non-hydrogen) atoms. The topological polar surface area (TPSA) is 42.4 Å². The number of amides is 1. The van der Waals surface area contributed by atoms with Gasteiger partial charge in [0.25, 0.3) is 0 Å². The van der Waals surface area contributed by atoms with E-state index in [0.29, 0.717) is 5.91 Å². The zero-order valence-electron chi connectivity index (χ0n) is 10.4. The molecule has 0 aromatic carbocycles. The van der Waals surface area contributed by atoms with Crippen LogP contribution < -0.4 is 4.74 Å². The molecule has 2 aliphatic rings. The van der Waals surface area contributed by atoms with Crippen LogP contribution in [0.5, 0.6) is 5.75 Å². The highest BCUT2D eigenvalue weighted by atomic mass is 16.5. The molecule has 1 aromatic rings. The maximum atomic E-state index is 12.1. The number of aromatic nitrogens is 1. The van der Waals surface area contributed by atoms with Gasteiger partial charge >= 0.3 is 0 Å². The van der Waals surface area contributed by atoms with Crippen molar-refractivity contribution < 1.29 is 9.53 Å². The van der Waals surface area contributed by atoms with Crippen LogP contribution in [0.15, 0.2) is 24.5 Å². The maximum absolute atomic E-state index is 12.1. The summed E-state index contributed by atoms with van der Waals surface area (Å²) in [6.07, 6.45) is 8.15. The second kappa shape index (κ2) is 4.96.